The van der Waals surface area contributed by atoms with E-state index >= 15 is 0 Å². The number of hydrogen-bond acceptors (Lipinski definition) is 2. The lowest BCUT2D eigenvalue weighted by Crippen LogP contribution is -2.29. The highest BCUT2D eigenvalue weighted by atomic mass is 15.1. The summed E-state index contributed by atoms with van der Waals surface area (Å²) in [7, 11) is 4.19. The van der Waals surface area contributed by atoms with Crippen LogP contribution in [0.2, 0.25) is 0 Å². The highest BCUT2D eigenvalue weighted by Gasteiger charge is 2.12. The number of hydrogen-bond donors (Lipinski definition) is 1. The second-order valence-electron chi connectivity index (χ2n) is 3.63. The maximum absolute atomic E-state index is 3.12. The molecule has 1 fully saturated rings. The molecule has 1 N–H and O–H groups in total. The third-order valence-electron chi connectivity index (χ3n) is 2.49. The smallest absolute Gasteiger partial charge is 0.0131 e. The Morgan fingerprint density at radius 2 is 2.08 bits per heavy atom. The Bertz CT molecular complexity index is 135. The summed E-state index contributed by atoms with van der Waals surface area (Å²) >= 11 is 0. The fourth-order valence-corrected chi connectivity index (χ4v) is 1.60. The molecule has 0 amide bonds. The fraction of sp³-hybridized carbons (Fsp3) is 0.800. The molecule has 0 bridgehead atoms. The summed E-state index contributed by atoms with van der Waals surface area (Å²) in [4.78, 5) is 2.41. The van der Waals surface area contributed by atoms with Crippen LogP contribution in [0.3, 0.4) is 0 Å². The minimum Gasteiger partial charge on any atom is -0.316 e. The normalized spacial score (nSPS) is 22.2. The first-order chi connectivity index (χ1) is 5.83. The van der Waals surface area contributed by atoms with E-state index in [1.165, 1.54) is 25.9 Å². The Morgan fingerprint density at radius 3 is 2.67 bits per heavy atom. The molecule has 0 saturated carbocycles. The summed E-state index contributed by atoms with van der Waals surface area (Å²) in [6.07, 6.45) is 7.27. The maximum Gasteiger partial charge on any atom is 0.0131 e. The molecular weight excluding hydrogens is 148 g/mol. The van der Waals surface area contributed by atoms with Crippen molar-refractivity contribution in [2.45, 2.75) is 12.8 Å². The minimum atomic E-state index is 0.828. The van der Waals surface area contributed by atoms with E-state index in [1.54, 1.807) is 0 Å². The van der Waals surface area contributed by atoms with Gasteiger partial charge in [0, 0.05) is 6.54 Å². The number of likely N-dealkylation sites (tertiary alicyclic amines) is 1. The van der Waals surface area contributed by atoms with Gasteiger partial charge < -0.3 is 10.2 Å². The predicted molar refractivity (Wildman–Crippen MR) is 53.3 cm³/mol. The Kier molecular flexibility index (Phi) is 4.33. The van der Waals surface area contributed by atoms with Gasteiger partial charge >= 0.3 is 0 Å². The van der Waals surface area contributed by atoms with Crippen LogP contribution in [0.25, 0.3) is 0 Å². The molecule has 0 spiro atoms. The molecule has 1 rings (SSSR count). The van der Waals surface area contributed by atoms with Crippen molar-refractivity contribution in [1.29, 1.82) is 0 Å². The highest BCUT2D eigenvalue weighted by molar-refractivity contribution is 4.91. The van der Waals surface area contributed by atoms with E-state index in [4.69, 9.17) is 0 Å². The van der Waals surface area contributed by atoms with Crippen LogP contribution in [0.5, 0.6) is 0 Å². The molecule has 1 saturated heterocycles. The number of likely N-dealkylation sites (N-methyl/N-ethyl adjacent to an activating group) is 1. The first kappa shape index (κ1) is 9.75. The van der Waals surface area contributed by atoms with Crippen LogP contribution in [0.15, 0.2) is 12.2 Å². The molecule has 0 radical (unpaired) electrons. The molecule has 0 aromatic carbocycles. The largest absolute Gasteiger partial charge is 0.316 e. The van der Waals surface area contributed by atoms with Gasteiger partial charge in [-0.3, -0.25) is 0 Å². The van der Waals surface area contributed by atoms with Crippen molar-refractivity contribution >= 4 is 0 Å². The number of allylic oxidation sites excluding steroid dienone is 1. The summed E-state index contributed by atoms with van der Waals surface area (Å²) < 4.78 is 0. The zero-order chi connectivity index (χ0) is 8.81. The standard InChI is InChI=1S/C10H20N2/c1-11-7-3-4-10-5-8-12(2)9-6-10/h3-4,10-11H,5-9H2,1-2H3/b4-3+. The van der Waals surface area contributed by atoms with Crippen LogP contribution in [0.1, 0.15) is 12.8 Å². The average Bonchev–Trinajstić information content (AvgIpc) is 2.09. The van der Waals surface area contributed by atoms with E-state index < -0.39 is 0 Å². The van der Waals surface area contributed by atoms with Gasteiger partial charge in [-0.15, -0.1) is 0 Å². The van der Waals surface area contributed by atoms with E-state index in [0.29, 0.717) is 0 Å². The Hall–Kier alpha value is -0.340. The Morgan fingerprint density at radius 1 is 1.42 bits per heavy atom. The van der Waals surface area contributed by atoms with Crippen LogP contribution >= 0.6 is 0 Å². The van der Waals surface area contributed by atoms with E-state index in [9.17, 15) is 0 Å². The summed E-state index contributed by atoms with van der Waals surface area (Å²) in [6.45, 7) is 3.52. The molecule has 1 aliphatic heterocycles. The number of nitrogens with zero attached hydrogens (tertiary/aromatic N) is 1. The van der Waals surface area contributed by atoms with Crippen molar-refractivity contribution < 1.29 is 0 Å². The van der Waals surface area contributed by atoms with Gasteiger partial charge in [-0.05, 0) is 45.9 Å². The molecule has 70 valence electrons. The fourth-order valence-electron chi connectivity index (χ4n) is 1.60. The van der Waals surface area contributed by atoms with Crippen molar-refractivity contribution in [1.82, 2.24) is 10.2 Å². The molecule has 12 heavy (non-hydrogen) atoms. The first-order valence-electron chi connectivity index (χ1n) is 4.82. The quantitative estimate of drug-likeness (QED) is 0.635. The van der Waals surface area contributed by atoms with E-state index in [2.05, 4.69) is 29.4 Å². The molecule has 1 heterocycles. The van der Waals surface area contributed by atoms with Crippen LogP contribution < -0.4 is 5.32 Å². The van der Waals surface area contributed by atoms with Crippen molar-refractivity contribution in [3.05, 3.63) is 12.2 Å². The van der Waals surface area contributed by atoms with Crippen LogP contribution in [0.4, 0.5) is 0 Å². The Labute approximate surface area is 75.6 Å². The molecule has 0 atom stereocenters. The summed E-state index contributed by atoms with van der Waals surface area (Å²) in [5, 5.41) is 3.12. The highest BCUT2D eigenvalue weighted by Crippen LogP contribution is 2.16. The van der Waals surface area contributed by atoms with E-state index in [1.807, 2.05) is 7.05 Å². The van der Waals surface area contributed by atoms with E-state index in [-0.39, 0.29) is 0 Å². The average molecular weight is 168 g/mol. The van der Waals surface area contributed by atoms with Crippen molar-refractivity contribution in [2.24, 2.45) is 5.92 Å². The molecule has 1 aliphatic rings. The molecule has 2 heteroatoms. The van der Waals surface area contributed by atoms with Gasteiger partial charge in [-0.1, -0.05) is 12.2 Å². The number of rotatable bonds is 3. The molecule has 2 nitrogen and oxygen atoms in total. The Balaban J connectivity index is 2.17. The van der Waals surface area contributed by atoms with Crippen LogP contribution in [-0.4, -0.2) is 38.6 Å². The van der Waals surface area contributed by atoms with E-state index in [0.717, 1.165) is 12.5 Å². The van der Waals surface area contributed by atoms with Gasteiger partial charge in [0.05, 0.1) is 0 Å². The summed E-state index contributed by atoms with van der Waals surface area (Å²) in [5.74, 6) is 0.828. The lowest BCUT2D eigenvalue weighted by molar-refractivity contribution is 0.244. The predicted octanol–water partition coefficient (Wildman–Crippen LogP) is 1.10. The lowest BCUT2D eigenvalue weighted by atomic mass is 9.97. The van der Waals surface area contributed by atoms with Crippen molar-refractivity contribution in [2.75, 3.05) is 33.7 Å². The number of nitrogens with one attached hydrogen (secondary N) is 1. The van der Waals surface area contributed by atoms with Gasteiger partial charge in [0.2, 0.25) is 0 Å². The monoisotopic (exact) mass is 168 g/mol. The third kappa shape index (κ3) is 3.37. The summed E-state index contributed by atoms with van der Waals surface area (Å²) in [6, 6.07) is 0. The third-order valence-corrected chi connectivity index (χ3v) is 2.49. The van der Waals surface area contributed by atoms with Gasteiger partial charge in [0.25, 0.3) is 0 Å². The summed E-state index contributed by atoms with van der Waals surface area (Å²) in [5.41, 5.74) is 0. The van der Waals surface area contributed by atoms with Crippen LogP contribution in [-0.2, 0) is 0 Å². The minimum absolute atomic E-state index is 0.828. The van der Waals surface area contributed by atoms with Crippen LogP contribution in [0, 0.1) is 5.92 Å². The second-order valence-corrected chi connectivity index (χ2v) is 3.63. The van der Waals surface area contributed by atoms with Gasteiger partial charge in [0.1, 0.15) is 0 Å². The number of piperidine rings is 1. The van der Waals surface area contributed by atoms with Crippen molar-refractivity contribution in [3.8, 4) is 0 Å². The second kappa shape index (κ2) is 5.33. The van der Waals surface area contributed by atoms with Gasteiger partial charge in [-0.2, -0.15) is 0 Å². The lowest BCUT2D eigenvalue weighted by Gasteiger charge is -2.26. The topological polar surface area (TPSA) is 15.3 Å². The molecule has 0 unspecified atom stereocenters. The van der Waals surface area contributed by atoms with Gasteiger partial charge in [-0.25, -0.2) is 0 Å². The van der Waals surface area contributed by atoms with Crippen molar-refractivity contribution in [3.63, 3.8) is 0 Å². The molecule has 0 aromatic heterocycles. The first-order valence-corrected chi connectivity index (χ1v) is 4.82. The molecule has 0 aromatic rings. The molecular formula is C10H20N2. The maximum atomic E-state index is 3.12. The molecule has 0 aliphatic carbocycles. The zero-order valence-corrected chi connectivity index (χ0v) is 8.21. The SMILES string of the molecule is CNC/C=C/C1CCN(C)CC1. The zero-order valence-electron chi connectivity index (χ0n) is 8.21. The van der Waals surface area contributed by atoms with Gasteiger partial charge in [0.15, 0.2) is 0 Å².